The second kappa shape index (κ2) is 9.19. The fourth-order valence-electron chi connectivity index (χ4n) is 3.76. The molecular formula is C23H24N8O2. The molecule has 33 heavy (non-hydrogen) atoms. The van der Waals surface area contributed by atoms with Crippen molar-refractivity contribution in [2.45, 2.75) is 38.2 Å². The molecule has 1 aromatic carbocycles. The van der Waals surface area contributed by atoms with Crippen LogP contribution in [0.3, 0.4) is 0 Å². The van der Waals surface area contributed by atoms with Crippen molar-refractivity contribution >= 4 is 17.6 Å². The topological polar surface area (TPSA) is 129 Å². The van der Waals surface area contributed by atoms with Gasteiger partial charge in [0.1, 0.15) is 6.10 Å². The van der Waals surface area contributed by atoms with E-state index in [-0.39, 0.29) is 23.7 Å². The molecule has 0 unspecified atom stereocenters. The van der Waals surface area contributed by atoms with Gasteiger partial charge in [-0.15, -0.1) is 0 Å². The number of pyridine rings is 1. The van der Waals surface area contributed by atoms with Crippen LogP contribution in [0.5, 0.6) is 5.88 Å². The van der Waals surface area contributed by atoms with Crippen LogP contribution in [0, 0.1) is 0 Å². The maximum Gasteiger partial charge on any atom is 0.259 e. The summed E-state index contributed by atoms with van der Waals surface area (Å²) in [6, 6.07) is 13.4. The molecule has 0 saturated heterocycles. The Balaban J connectivity index is 1.34. The standard InChI is InChI=1S/C23H24N8O2/c1-31(16-8-4-2-5-9-16)23-28-19(27-22(24)29-23)20-26-21(33-30-20)15-12-13-18(25-14-15)32-17-10-6-3-7-11-17/h2,4-5,8-9,12-14,17H,3,6-7,10-11H2,1H3,(H2,24,27,28,29). The van der Waals surface area contributed by atoms with Gasteiger partial charge in [0, 0.05) is 25.0 Å². The van der Waals surface area contributed by atoms with Crippen LogP contribution < -0.4 is 15.4 Å². The summed E-state index contributed by atoms with van der Waals surface area (Å²) in [4.78, 5) is 23.5. The van der Waals surface area contributed by atoms with Crippen LogP contribution in [0.25, 0.3) is 23.1 Å². The van der Waals surface area contributed by atoms with Crippen molar-refractivity contribution in [1.82, 2.24) is 30.1 Å². The summed E-state index contributed by atoms with van der Waals surface area (Å²) >= 11 is 0. The monoisotopic (exact) mass is 444 g/mol. The molecule has 3 aromatic heterocycles. The molecular weight excluding hydrogens is 420 g/mol. The van der Waals surface area contributed by atoms with E-state index in [1.165, 1.54) is 19.3 Å². The van der Waals surface area contributed by atoms with E-state index in [2.05, 4.69) is 30.1 Å². The third kappa shape index (κ3) is 4.74. The molecule has 2 N–H and O–H groups in total. The first kappa shape index (κ1) is 20.8. The summed E-state index contributed by atoms with van der Waals surface area (Å²) in [7, 11) is 1.85. The molecule has 0 radical (unpaired) electrons. The molecule has 0 aliphatic heterocycles. The molecule has 5 rings (SSSR count). The number of hydrogen-bond donors (Lipinski definition) is 1. The maximum absolute atomic E-state index is 5.98. The fourth-order valence-corrected chi connectivity index (χ4v) is 3.76. The zero-order valence-electron chi connectivity index (χ0n) is 18.3. The molecule has 1 aliphatic rings. The lowest BCUT2D eigenvalue weighted by Crippen LogP contribution is -2.20. The van der Waals surface area contributed by atoms with Gasteiger partial charge in [0.05, 0.1) is 5.56 Å². The van der Waals surface area contributed by atoms with Gasteiger partial charge in [-0.05, 0) is 43.9 Å². The Morgan fingerprint density at radius 1 is 0.939 bits per heavy atom. The molecule has 0 atom stereocenters. The van der Waals surface area contributed by atoms with Crippen molar-refractivity contribution in [3.63, 3.8) is 0 Å². The first-order chi connectivity index (χ1) is 16.2. The van der Waals surface area contributed by atoms with Crippen LogP contribution in [-0.2, 0) is 0 Å². The Labute approximate surface area is 190 Å². The van der Waals surface area contributed by atoms with Crippen molar-refractivity contribution in [2.75, 3.05) is 17.7 Å². The quantitative estimate of drug-likeness (QED) is 0.465. The van der Waals surface area contributed by atoms with Crippen molar-refractivity contribution in [3.05, 3.63) is 48.7 Å². The van der Waals surface area contributed by atoms with Gasteiger partial charge in [-0.1, -0.05) is 29.8 Å². The molecule has 3 heterocycles. The molecule has 4 aromatic rings. The zero-order chi connectivity index (χ0) is 22.6. The molecule has 1 aliphatic carbocycles. The lowest BCUT2D eigenvalue weighted by Gasteiger charge is -2.22. The van der Waals surface area contributed by atoms with Crippen LogP contribution in [0.4, 0.5) is 17.6 Å². The average Bonchev–Trinajstić information content (AvgIpc) is 3.35. The van der Waals surface area contributed by atoms with Crippen LogP contribution in [0.1, 0.15) is 32.1 Å². The summed E-state index contributed by atoms with van der Waals surface area (Å²) in [6.07, 6.45) is 7.74. The van der Waals surface area contributed by atoms with E-state index in [0.29, 0.717) is 23.3 Å². The van der Waals surface area contributed by atoms with Crippen LogP contribution in [0.15, 0.2) is 53.2 Å². The molecule has 0 amide bonds. The first-order valence-electron chi connectivity index (χ1n) is 10.9. The van der Waals surface area contributed by atoms with E-state index in [4.69, 9.17) is 15.0 Å². The van der Waals surface area contributed by atoms with E-state index in [1.54, 1.807) is 11.1 Å². The molecule has 1 fully saturated rings. The van der Waals surface area contributed by atoms with Gasteiger partial charge in [-0.3, -0.25) is 0 Å². The number of nitrogens with zero attached hydrogens (tertiary/aromatic N) is 7. The van der Waals surface area contributed by atoms with Gasteiger partial charge >= 0.3 is 0 Å². The van der Waals surface area contributed by atoms with Crippen molar-refractivity contribution in [1.29, 1.82) is 0 Å². The molecule has 0 bridgehead atoms. The molecule has 10 heteroatoms. The van der Waals surface area contributed by atoms with Gasteiger partial charge in [-0.25, -0.2) is 4.98 Å². The highest BCUT2D eigenvalue weighted by Crippen LogP contribution is 2.26. The van der Waals surface area contributed by atoms with Crippen molar-refractivity contribution in [3.8, 4) is 29.0 Å². The summed E-state index contributed by atoms with van der Waals surface area (Å²) < 4.78 is 11.4. The van der Waals surface area contributed by atoms with Crippen LogP contribution in [-0.4, -0.2) is 43.2 Å². The Morgan fingerprint density at radius 2 is 1.76 bits per heavy atom. The Kier molecular flexibility index (Phi) is 5.79. The summed E-state index contributed by atoms with van der Waals surface area (Å²) in [6.45, 7) is 0. The van der Waals surface area contributed by atoms with Gasteiger partial charge < -0.3 is 19.9 Å². The average molecular weight is 444 g/mol. The van der Waals surface area contributed by atoms with Gasteiger partial charge in [0.15, 0.2) is 0 Å². The highest BCUT2D eigenvalue weighted by Gasteiger charge is 2.19. The molecule has 1 saturated carbocycles. The first-order valence-corrected chi connectivity index (χ1v) is 10.9. The molecule has 0 spiro atoms. The number of hydrogen-bond acceptors (Lipinski definition) is 10. The number of nitrogen functional groups attached to an aromatic ring is 1. The number of anilines is 3. The Bertz CT molecular complexity index is 1210. The Morgan fingerprint density at radius 3 is 2.52 bits per heavy atom. The third-order valence-corrected chi connectivity index (χ3v) is 5.53. The van der Waals surface area contributed by atoms with Crippen molar-refractivity contribution in [2.24, 2.45) is 0 Å². The minimum atomic E-state index is 0.0648. The lowest BCUT2D eigenvalue weighted by molar-refractivity contribution is 0.148. The van der Waals surface area contributed by atoms with Crippen molar-refractivity contribution < 1.29 is 9.26 Å². The largest absolute Gasteiger partial charge is 0.474 e. The van der Waals surface area contributed by atoms with E-state index in [0.717, 1.165) is 18.5 Å². The fraction of sp³-hybridized carbons (Fsp3) is 0.304. The van der Waals surface area contributed by atoms with Crippen LogP contribution >= 0.6 is 0 Å². The number of aromatic nitrogens is 6. The SMILES string of the molecule is CN(c1ccccc1)c1nc(N)nc(-c2noc(-c3ccc(OC4CCCCC4)nc3)n2)n1. The number of rotatable bonds is 6. The third-order valence-electron chi connectivity index (χ3n) is 5.53. The lowest BCUT2D eigenvalue weighted by atomic mass is 9.98. The second-order valence-electron chi connectivity index (χ2n) is 7.90. The summed E-state index contributed by atoms with van der Waals surface area (Å²) in [5.41, 5.74) is 7.51. The van der Waals surface area contributed by atoms with E-state index in [1.807, 2.05) is 49.5 Å². The highest BCUT2D eigenvalue weighted by atomic mass is 16.5. The summed E-state index contributed by atoms with van der Waals surface area (Å²) in [5.74, 6) is 1.78. The normalized spacial score (nSPS) is 14.2. The minimum Gasteiger partial charge on any atom is -0.474 e. The van der Waals surface area contributed by atoms with Crippen LogP contribution in [0.2, 0.25) is 0 Å². The van der Waals surface area contributed by atoms with E-state index in [9.17, 15) is 0 Å². The van der Waals surface area contributed by atoms with Gasteiger partial charge in [-0.2, -0.15) is 19.9 Å². The van der Waals surface area contributed by atoms with E-state index >= 15 is 0 Å². The van der Waals surface area contributed by atoms with E-state index < -0.39 is 0 Å². The predicted molar refractivity (Wildman–Crippen MR) is 123 cm³/mol. The highest BCUT2D eigenvalue weighted by molar-refractivity contribution is 5.60. The molecule has 10 nitrogen and oxygen atoms in total. The number of ether oxygens (including phenoxy) is 1. The minimum absolute atomic E-state index is 0.0648. The summed E-state index contributed by atoms with van der Waals surface area (Å²) in [5, 5.41) is 4.02. The zero-order valence-corrected chi connectivity index (χ0v) is 18.3. The number of nitrogens with two attached hydrogens (primary N) is 1. The maximum atomic E-state index is 5.98. The van der Waals surface area contributed by atoms with Gasteiger partial charge in [0.2, 0.25) is 29.4 Å². The number of para-hydroxylation sites is 1. The smallest absolute Gasteiger partial charge is 0.259 e. The predicted octanol–water partition coefficient (Wildman–Crippen LogP) is 4.05. The van der Waals surface area contributed by atoms with Gasteiger partial charge in [0.25, 0.3) is 5.89 Å². The second-order valence-corrected chi connectivity index (χ2v) is 7.90. The Hall–Kier alpha value is -4.08. The molecule has 168 valence electrons. The number of benzene rings is 1.